The minimum Gasteiger partial charge on any atom is -0.203 e. The molecule has 0 nitrogen and oxygen atoms in total. The fraction of sp³-hybridized carbons (Fsp3) is 0.484. The first-order chi connectivity index (χ1) is 16.1. The second kappa shape index (κ2) is 11.3. The van der Waals surface area contributed by atoms with Gasteiger partial charge in [-0.15, -0.1) is 0 Å². The zero-order chi connectivity index (χ0) is 23.2. The molecule has 0 heterocycles. The van der Waals surface area contributed by atoms with Crippen LogP contribution in [0.5, 0.6) is 0 Å². The molecule has 3 aromatic rings. The molecule has 1 aliphatic carbocycles. The number of unbranched alkanes of at least 4 members (excludes halogenated alkanes) is 2. The zero-order valence-corrected chi connectivity index (χ0v) is 20.3. The van der Waals surface area contributed by atoms with Crippen LogP contribution in [0.3, 0.4) is 0 Å². The van der Waals surface area contributed by atoms with Crippen LogP contribution in [0.4, 0.5) is 8.78 Å². The molecule has 0 amide bonds. The minimum atomic E-state index is -0.712. The predicted molar refractivity (Wildman–Crippen MR) is 136 cm³/mol. The Bertz CT molecular complexity index is 1040. The van der Waals surface area contributed by atoms with E-state index in [0.29, 0.717) is 23.3 Å². The van der Waals surface area contributed by atoms with E-state index in [1.807, 2.05) is 25.1 Å². The Hall–Kier alpha value is -2.22. The van der Waals surface area contributed by atoms with Crippen LogP contribution in [0.15, 0.2) is 48.5 Å². The van der Waals surface area contributed by atoms with Gasteiger partial charge < -0.3 is 0 Å². The molecule has 0 spiro atoms. The highest BCUT2D eigenvalue weighted by Crippen LogP contribution is 2.38. The van der Waals surface area contributed by atoms with Crippen LogP contribution in [-0.4, -0.2) is 0 Å². The van der Waals surface area contributed by atoms with E-state index in [0.717, 1.165) is 29.7 Å². The van der Waals surface area contributed by atoms with Crippen LogP contribution < -0.4 is 0 Å². The lowest BCUT2D eigenvalue weighted by molar-refractivity contribution is 0.303. The number of hydrogen-bond acceptors (Lipinski definition) is 0. The summed E-state index contributed by atoms with van der Waals surface area (Å²) in [6.07, 6.45) is 13.2. The van der Waals surface area contributed by atoms with E-state index in [1.54, 1.807) is 6.07 Å². The summed E-state index contributed by atoms with van der Waals surface area (Å²) in [5.41, 5.74) is 4.29. The number of benzene rings is 3. The largest absolute Gasteiger partial charge is 0.203 e. The first-order valence-electron chi connectivity index (χ1n) is 13.1. The molecule has 1 fully saturated rings. The lowest BCUT2D eigenvalue weighted by atomic mass is 9.77. The summed E-state index contributed by atoms with van der Waals surface area (Å²) < 4.78 is 28.8. The SMILES string of the molecule is CCCCCC1CCC(c2ccc(CCc3ccc4cc(CC)c(F)c(F)c4c3)cc2)CC1. The van der Waals surface area contributed by atoms with Gasteiger partial charge in [-0.1, -0.05) is 75.9 Å². The van der Waals surface area contributed by atoms with Crippen LogP contribution in [0, 0.1) is 17.6 Å². The van der Waals surface area contributed by atoms with Crippen molar-refractivity contribution in [2.24, 2.45) is 5.92 Å². The molecular formula is C31H38F2. The molecule has 0 bridgehead atoms. The Kier molecular flexibility index (Phi) is 8.17. The van der Waals surface area contributed by atoms with Gasteiger partial charge >= 0.3 is 0 Å². The van der Waals surface area contributed by atoms with E-state index < -0.39 is 11.6 Å². The van der Waals surface area contributed by atoms with Crippen LogP contribution in [0.1, 0.15) is 93.4 Å². The summed E-state index contributed by atoms with van der Waals surface area (Å²) in [5.74, 6) is 0.247. The smallest absolute Gasteiger partial charge is 0.166 e. The topological polar surface area (TPSA) is 0 Å². The molecule has 176 valence electrons. The molecule has 0 saturated heterocycles. The average Bonchev–Trinajstić information content (AvgIpc) is 2.86. The lowest BCUT2D eigenvalue weighted by Gasteiger charge is -2.29. The fourth-order valence-corrected chi connectivity index (χ4v) is 5.56. The number of aryl methyl sites for hydroxylation is 3. The molecule has 3 aromatic carbocycles. The quantitative estimate of drug-likeness (QED) is 0.286. The fourth-order valence-electron chi connectivity index (χ4n) is 5.56. The third-order valence-electron chi connectivity index (χ3n) is 7.76. The zero-order valence-electron chi connectivity index (χ0n) is 20.3. The summed E-state index contributed by atoms with van der Waals surface area (Å²) in [4.78, 5) is 0. The van der Waals surface area contributed by atoms with Crippen LogP contribution >= 0.6 is 0 Å². The van der Waals surface area contributed by atoms with Crippen molar-refractivity contribution in [1.29, 1.82) is 0 Å². The molecule has 0 unspecified atom stereocenters. The lowest BCUT2D eigenvalue weighted by Crippen LogP contribution is -2.13. The second-order valence-corrected chi connectivity index (χ2v) is 10.0. The number of rotatable bonds is 9. The van der Waals surface area contributed by atoms with Gasteiger partial charge in [-0.3, -0.25) is 0 Å². The Balaban J connectivity index is 1.33. The molecule has 33 heavy (non-hydrogen) atoms. The second-order valence-electron chi connectivity index (χ2n) is 10.0. The van der Waals surface area contributed by atoms with Crippen LogP contribution in [0.25, 0.3) is 10.8 Å². The molecule has 1 saturated carbocycles. The molecule has 2 heteroatoms. The number of halogens is 2. The van der Waals surface area contributed by atoms with Crippen molar-refractivity contribution in [2.75, 3.05) is 0 Å². The molecule has 0 N–H and O–H groups in total. The highest BCUT2D eigenvalue weighted by Gasteiger charge is 2.22. The van der Waals surface area contributed by atoms with Gasteiger partial charge in [0.05, 0.1) is 0 Å². The Morgan fingerprint density at radius 3 is 2.15 bits per heavy atom. The monoisotopic (exact) mass is 448 g/mol. The van der Waals surface area contributed by atoms with Gasteiger partial charge in [0, 0.05) is 5.39 Å². The highest BCUT2D eigenvalue weighted by molar-refractivity contribution is 5.84. The van der Waals surface area contributed by atoms with E-state index in [1.165, 1.54) is 62.5 Å². The summed E-state index contributed by atoms with van der Waals surface area (Å²) in [6.45, 7) is 4.13. The summed E-state index contributed by atoms with van der Waals surface area (Å²) in [6, 6.07) is 16.7. The van der Waals surface area contributed by atoms with Crippen LogP contribution in [-0.2, 0) is 19.3 Å². The van der Waals surface area contributed by atoms with E-state index >= 15 is 0 Å². The van der Waals surface area contributed by atoms with Crippen LogP contribution in [0.2, 0.25) is 0 Å². The van der Waals surface area contributed by atoms with Gasteiger partial charge in [0.1, 0.15) is 0 Å². The Morgan fingerprint density at radius 1 is 0.758 bits per heavy atom. The van der Waals surface area contributed by atoms with Crippen molar-refractivity contribution in [3.63, 3.8) is 0 Å². The van der Waals surface area contributed by atoms with E-state index in [2.05, 4.69) is 31.2 Å². The maximum Gasteiger partial charge on any atom is 0.166 e. The van der Waals surface area contributed by atoms with E-state index in [4.69, 9.17) is 0 Å². The van der Waals surface area contributed by atoms with Crippen molar-refractivity contribution < 1.29 is 8.78 Å². The molecule has 0 atom stereocenters. The summed E-state index contributed by atoms with van der Waals surface area (Å²) in [7, 11) is 0. The maximum atomic E-state index is 14.5. The third kappa shape index (κ3) is 5.83. The molecule has 0 aromatic heterocycles. The summed E-state index contributed by atoms with van der Waals surface area (Å²) >= 11 is 0. The predicted octanol–water partition coefficient (Wildman–Crippen LogP) is 9.32. The number of hydrogen-bond donors (Lipinski definition) is 0. The van der Waals surface area contributed by atoms with Gasteiger partial charge in [-0.05, 0) is 96.6 Å². The average molecular weight is 449 g/mol. The molecule has 0 radical (unpaired) electrons. The van der Waals surface area contributed by atoms with E-state index in [-0.39, 0.29) is 0 Å². The Labute approximate surface area is 198 Å². The third-order valence-corrected chi connectivity index (χ3v) is 7.76. The van der Waals surface area contributed by atoms with Gasteiger partial charge in [0.2, 0.25) is 0 Å². The highest BCUT2D eigenvalue weighted by atomic mass is 19.2. The van der Waals surface area contributed by atoms with Gasteiger partial charge in [0.25, 0.3) is 0 Å². The first-order valence-corrected chi connectivity index (χ1v) is 13.1. The Morgan fingerprint density at radius 2 is 1.45 bits per heavy atom. The van der Waals surface area contributed by atoms with Crippen molar-refractivity contribution >= 4 is 10.8 Å². The van der Waals surface area contributed by atoms with Gasteiger partial charge in [-0.25, -0.2) is 8.78 Å². The summed E-state index contributed by atoms with van der Waals surface area (Å²) in [5, 5.41) is 1.17. The number of fused-ring (bicyclic) bond motifs is 1. The molecule has 4 rings (SSSR count). The van der Waals surface area contributed by atoms with E-state index in [9.17, 15) is 8.78 Å². The first kappa shape index (κ1) is 23.9. The maximum absolute atomic E-state index is 14.5. The van der Waals surface area contributed by atoms with Gasteiger partial charge in [-0.2, -0.15) is 0 Å². The molecular weight excluding hydrogens is 410 g/mol. The van der Waals surface area contributed by atoms with Crippen molar-refractivity contribution in [3.05, 3.63) is 82.4 Å². The standard InChI is InChI=1S/C31H38F2/c1-3-5-6-7-22-10-15-26(16-11-22)27-17-12-23(13-18-27)8-9-24-14-19-28-21-25(4-2)30(32)31(33)29(28)20-24/h12-14,17-22,26H,3-11,15-16H2,1-2H3. The molecule has 0 aliphatic heterocycles. The van der Waals surface area contributed by atoms with Crippen molar-refractivity contribution in [2.45, 2.75) is 90.4 Å². The van der Waals surface area contributed by atoms with Crippen molar-refractivity contribution in [1.82, 2.24) is 0 Å². The normalized spacial score (nSPS) is 18.7. The van der Waals surface area contributed by atoms with Crippen molar-refractivity contribution in [3.8, 4) is 0 Å². The molecule has 1 aliphatic rings. The van der Waals surface area contributed by atoms with Gasteiger partial charge in [0.15, 0.2) is 11.6 Å². The minimum absolute atomic E-state index is 0.392.